The van der Waals surface area contributed by atoms with Crippen LogP contribution in [0.25, 0.3) is 21.3 Å². The fourth-order valence-electron chi connectivity index (χ4n) is 3.51. The molecule has 1 saturated heterocycles. The number of carbonyl (C=O) groups is 2. The van der Waals surface area contributed by atoms with Crippen LogP contribution in [0, 0.1) is 5.41 Å². The molecule has 0 saturated carbocycles. The third kappa shape index (κ3) is 4.43. The monoisotopic (exact) mass is 440 g/mol. The van der Waals surface area contributed by atoms with E-state index in [4.69, 9.17) is 0 Å². The van der Waals surface area contributed by atoms with Gasteiger partial charge in [0.25, 0.3) is 0 Å². The summed E-state index contributed by atoms with van der Waals surface area (Å²) in [5, 5.41) is 15.4. The summed E-state index contributed by atoms with van der Waals surface area (Å²) in [6.07, 6.45) is 4.69. The first-order valence-electron chi connectivity index (χ1n) is 10.1. The molecule has 1 aliphatic heterocycles. The van der Waals surface area contributed by atoms with Crippen molar-refractivity contribution in [2.45, 2.75) is 26.7 Å². The Morgan fingerprint density at radius 1 is 1.19 bits per heavy atom. The first-order chi connectivity index (χ1) is 14.9. The number of aromatic nitrogens is 3. The van der Waals surface area contributed by atoms with Gasteiger partial charge in [-0.2, -0.15) is 0 Å². The lowest BCUT2D eigenvalue weighted by atomic mass is 9.80. The standard InChI is InChI=1S/C21H24N6O3S/c1-3-22-19(30)26-20-25-15-10-13(4-5-16(15)31-20)14-11-23-18(24-12-14)27-8-6-21(2,7-9-27)17(28)29/h4-5,10-12H,3,6-9H2,1-2H3,(H,28,29)(H2,22,25,26,30). The third-order valence-corrected chi connectivity index (χ3v) is 6.53. The zero-order valence-electron chi connectivity index (χ0n) is 17.4. The summed E-state index contributed by atoms with van der Waals surface area (Å²) in [6.45, 7) is 5.44. The van der Waals surface area contributed by atoms with Gasteiger partial charge < -0.3 is 15.3 Å². The second-order valence-corrected chi connectivity index (χ2v) is 8.84. The van der Waals surface area contributed by atoms with E-state index in [0.29, 0.717) is 43.6 Å². The summed E-state index contributed by atoms with van der Waals surface area (Å²) >= 11 is 1.42. The number of amides is 2. The van der Waals surface area contributed by atoms with Crippen LogP contribution in [0.15, 0.2) is 30.6 Å². The minimum Gasteiger partial charge on any atom is -0.481 e. The molecule has 0 spiro atoms. The van der Waals surface area contributed by atoms with Crippen LogP contribution in [0.2, 0.25) is 0 Å². The molecule has 0 radical (unpaired) electrons. The van der Waals surface area contributed by atoms with Crippen LogP contribution >= 0.6 is 11.3 Å². The molecular formula is C21H24N6O3S. The molecule has 4 rings (SSSR count). The van der Waals surface area contributed by atoms with Gasteiger partial charge in [-0.3, -0.25) is 10.1 Å². The second-order valence-electron chi connectivity index (χ2n) is 7.81. The predicted molar refractivity (Wildman–Crippen MR) is 121 cm³/mol. The lowest BCUT2D eigenvalue weighted by Gasteiger charge is -2.36. The highest BCUT2D eigenvalue weighted by atomic mass is 32.1. The highest BCUT2D eigenvalue weighted by molar-refractivity contribution is 7.22. The summed E-state index contributed by atoms with van der Waals surface area (Å²) in [7, 11) is 0. The van der Waals surface area contributed by atoms with E-state index in [1.165, 1.54) is 11.3 Å². The molecule has 3 heterocycles. The van der Waals surface area contributed by atoms with Crippen LogP contribution in [-0.4, -0.2) is 51.7 Å². The number of fused-ring (bicyclic) bond motifs is 1. The van der Waals surface area contributed by atoms with Gasteiger partial charge in [0.2, 0.25) is 5.95 Å². The molecule has 10 heteroatoms. The maximum atomic E-state index is 11.7. The molecule has 1 aliphatic rings. The number of anilines is 2. The van der Waals surface area contributed by atoms with Crippen LogP contribution in [0.1, 0.15) is 26.7 Å². The fourth-order valence-corrected chi connectivity index (χ4v) is 4.35. The molecule has 0 atom stereocenters. The minimum atomic E-state index is -0.745. The Bertz CT molecular complexity index is 1110. The SMILES string of the molecule is CCNC(=O)Nc1nc2cc(-c3cnc(N4CCC(C)(C(=O)O)CC4)nc3)ccc2s1. The van der Waals surface area contributed by atoms with Crippen LogP contribution in [0.4, 0.5) is 15.9 Å². The summed E-state index contributed by atoms with van der Waals surface area (Å²) < 4.78 is 0.975. The number of carboxylic acids is 1. The van der Waals surface area contributed by atoms with Crippen LogP contribution in [0.5, 0.6) is 0 Å². The van der Waals surface area contributed by atoms with Gasteiger partial charge in [-0.1, -0.05) is 17.4 Å². The van der Waals surface area contributed by atoms with E-state index < -0.39 is 11.4 Å². The maximum absolute atomic E-state index is 11.7. The molecule has 3 aromatic rings. The fraction of sp³-hybridized carbons (Fsp3) is 0.381. The molecule has 9 nitrogen and oxygen atoms in total. The molecule has 31 heavy (non-hydrogen) atoms. The molecule has 162 valence electrons. The topological polar surface area (TPSA) is 120 Å². The number of nitrogens with zero attached hydrogens (tertiary/aromatic N) is 4. The smallest absolute Gasteiger partial charge is 0.321 e. The largest absolute Gasteiger partial charge is 0.481 e. The molecule has 3 N–H and O–H groups in total. The molecule has 1 aromatic carbocycles. The van der Waals surface area contributed by atoms with Gasteiger partial charge in [-0.25, -0.2) is 19.7 Å². The van der Waals surface area contributed by atoms with Gasteiger partial charge in [-0.15, -0.1) is 0 Å². The Morgan fingerprint density at radius 2 is 1.90 bits per heavy atom. The number of urea groups is 1. The normalized spacial score (nSPS) is 15.6. The first-order valence-corrected chi connectivity index (χ1v) is 11.0. The maximum Gasteiger partial charge on any atom is 0.321 e. The van der Waals surface area contributed by atoms with E-state index in [1.807, 2.05) is 30.0 Å². The van der Waals surface area contributed by atoms with E-state index in [1.54, 1.807) is 19.3 Å². The van der Waals surface area contributed by atoms with Gasteiger partial charge in [-0.05, 0) is 44.4 Å². The van der Waals surface area contributed by atoms with Gasteiger partial charge in [0.05, 0.1) is 15.6 Å². The van der Waals surface area contributed by atoms with Crippen molar-refractivity contribution < 1.29 is 14.7 Å². The van der Waals surface area contributed by atoms with Gasteiger partial charge in [0.1, 0.15) is 0 Å². The zero-order valence-corrected chi connectivity index (χ0v) is 18.2. The minimum absolute atomic E-state index is 0.271. The average Bonchev–Trinajstić information content (AvgIpc) is 3.16. The number of rotatable bonds is 5. The Kier molecular flexibility index (Phi) is 5.73. The van der Waals surface area contributed by atoms with Crippen molar-refractivity contribution in [2.24, 2.45) is 5.41 Å². The number of aliphatic carboxylic acids is 1. The van der Waals surface area contributed by atoms with Gasteiger partial charge in [0, 0.05) is 37.6 Å². The first kappa shape index (κ1) is 21.0. The van der Waals surface area contributed by atoms with Crippen molar-refractivity contribution in [3.8, 4) is 11.1 Å². The van der Waals surface area contributed by atoms with Crippen molar-refractivity contribution in [1.82, 2.24) is 20.3 Å². The van der Waals surface area contributed by atoms with Gasteiger partial charge >= 0.3 is 12.0 Å². The van der Waals surface area contributed by atoms with E-state index in [0.717, 1.165) is 21.3 Å². The third-order valence-electron chi connectivity index (χ3n) is 5.58. The van der Waals surface area contributed by atoms with Crippen molar-refractivity contribution in [3.05, 3.63) is 30.6 Å². The predicted octanol–water partition coefficient (Wildman–Crippen LogP) is 3.59. The molecule has 1 fully saturated rings. The summed E-state index contributed by atoms with van der Waals surface area (Å²) in [6, 6.07) is 5.63. The molecule has 0 bridgehead atoms. The number of thiazole rings is 1. The highest BCUT2D eigenvalue weighted by Crippen LogP contribution is 2.33. The average molecular weight is 441 g/mol. The quantitative estimate of drug-likeness (QED) is 0.554. The lowest BCUT2D eigenvalue weighted by molar-refractivity contribution is -0.149. The summed E-state index contributed by atoms with van der Waals surface area (Å²) in [4.78, 5) is 38.6. The molecule has 2 amide bonds. The Labute approximate surface area is 183 Å². The molecule has 0 unspecified atom stereocenters. The number of benzene rings is 1. The van der Waals surface area contributed by atoms with E-state index in [9.17, 15) is 14.7 Å². The van der Waals surface area contributed by atoms with Gasteiger partial charge in [0.15, 0.2) is 5.13 Å². The van der Waals surface area contributed by atoms with Crippen LogP contribution in [0.3, 0.4) is 0 Å². The number of carbonyl (C=O) groups excluding carboxylic acids is 1. The Morgan fingerprint density at radius 3 is 2.55 bits per heavy atom. The molecule has 0 aliphatic carbocycles. The lowest BCUT2D eigenvalue weighted by Crippen LogP contribution is -2.43. The highest BCUT2D eigenvalue weighted by Gasteiger charge is 2.37. The number of hydrogen-bond donors (Lipinski definition) is 3. The zero-order chi connectivity index (χ0) is 22.0. The van der Waals surface area contributed by atoms with E-state index in [-0.39, 0.29) is 6.03 Å². The van der Waals surface area contributed by atoms with Crippen LogP contribution < -0.4 is 15.5 Å². The van der Waals surface area contributed by atoms with Crippen molar-refractivity contribution in [1.29, 1.82) is 0 Å². The van der Waals surface area contributed by atoms with Crippen molar-refractivity contribution in [2.75, 3.05) is 29.9 Å². The summed E-state index contributed by atoms with van der Waals surface area (Å²) in [5.41, 5.74) is 1.92. The van der Waals surface area contributed by atoms with Crippen molar-refractivity contribution >= 4 is 44.6 Å². The number of carboxylic acid groups (broad SMARTS) is 1. The Hall–Kier alpha value is -3.27. The second kappa shape index (κ2) is 8.46. The number of nitrogens with one attached hydrogen (secondary N) is 2. The van der Waals surface area contributed by atoms with Crippen LogP contribution in [-0.2, 0) is 4.79 Å². The Balaban J connectivity index is 1.47. The molecule has 2 aromatic heterocycles. The summed E-state index contributed by atoms with van der Waals surface area (Å²) in [5.74, 6) is -0.135. The van der Waals surface area contributed by atoms with E-state index in [2.05, 4.69) is 25.6 Å². The van der Waals surface area contributed by atoms with Crippen molar-refractivity contribution in [3.63, 3.8) is 0 Å². The number of hydrogen-bond acceptors (Lipinski definition) is 7. The number of piperidine rings is 1. The molecular weight excluding hydrogens is 416 g/mol. The van der Waals surface area contributed by atoms with E-state index >= 15 is 0 Å².